The van der Waals surface area contributed by atoms with Gasteiger partial charge in [-0.3, -0.25) is 0 Å². The molecular weight excluding hydrogens is 250 g/mol. The number of fused-ring (bicyclic) bond motifs is 1. The lowest BCUT2D eigenvalue weighted by molar-refractivity contribution is 0.557. The first-order chi connectivity index (χ1) is 9.78. The molecule has 0 spiro atoms. The molecule has 0 saturated carbocycles. The molecule has 0 saturated heterocycles. The Bertz CT molecular complexity index is 577. The quantitative estimate of drug-likeness (QED) is 0.917. The van der Waals surface area contributed by atoms with E-state index >= 15 is 0 Å². The van der Waals surface area contributed by atoms with Gasteiger partial charge in [0.1, 0.15) is 6.33 Å². The van der Waals surface area contributed by atoms with Crippen molar-refractivity contribution in [1.29, 1.82) is 0 Å². The molecular formula is C15H21N5. The molecule has 2 aromatic rings. The van der Waals surface area contributed by atoms with Crippen LogP contribution < -0.4 is 10.6 Å². The molecule has 0 radical (unpaired) electrons. The lowest BCUT2D eigenvalue weighted by Crippen LogP contribution is -2.34. The van der Waals surface area contributed by atoms with E-state index in [0.29, 0.717) is 0 Å². The van der Waals surface area contributed by atoms with Gasteiger partial charge in [0, 0.05) is 24.8 Å². The van der Waals surface area contributed by atoms with Crippen molar-refractivity contribution in [3.8, 4) is 0 Å². The van der Waals surface area contributed by atoms with Crippen LogP contribution in [0.25, 0.3) is 0 Å². The molecule has 1 atom stereocenters. The average Bonchev–Trinajstić information content (AvgIpc) is 2.95. The summed E-state index contributed by atoms with van der Waals surface area (Å²) in [6, 6.07) is 8.78. The molecule has 20 heavy (non-hydrogen) atoms. The monoisotopic (exact) mass is 271 g/mol. The fourth-order valence-corrected chi connectivity index (χ4v) is 2.69. The highest BCUT2D eigenvalue weighted by Gasteiger charge is 2.20. The van der Waals surface area contributed by atoms with E-state index in [1.54, 1.807) is 0 Å². The van der Waals surface area contributed by atoms with Crippen LogP contribution in [0.3, 0.4) is 0 Å². The summed E-state index contributed by atoms with van der Waals surface area (Å²) in [5.74, 6) is 1.03. The summed E-state index contributed by atoms with van der Waals surface area (Å²) in [4.78, 5) is 2.38. The van der Waals surface area contributed by atoms with Gasteiger partial charge in [0.25, 0.3) is 0 Å². The zero-order valence-corrected chi connectivity index (χ0v) is 11.9. The second-order valence-electron chi connectivity index (χ2n) is 5.36. The van der Waals surface area contributed by atoms with Crippen molar-refractivity contribution in [3.05, 3.63) is 42.0 Å². The zero-order chi connectivity index (χ0) is 13.9. The maximum Gasteiger partial charge on any atom is 0.152 e. The van der Waals surface area contributed by atoms with Crippen molar-refractivity contribution in [3.63, 3.8) is 0 Å². The van der Waals surface area contributed by atoms with Crippen LogP contribution in [0.2, 0.25) is 0 Å². The van der Waals surface area contributed by atoms with Crippen LogP contribution in [0, 0.1) is 0 Å². The van der Waals surface area contributed by atoms with Crippen LogP contribution in [-0.4, -0.2) is 27.4 Å². The number of para-hydroxylation sites is 1. The first-order valence-corrected chi connectivity index (χ1v) is 7.23. The molecule has 106 valence electrons. The SMILES string of the molecule is CCC(N)Cc1ccccc1N1CCn2cnnc2C1. The van der Waals surface area contributed by atoms with Gasteiger partial charge < -0.3 is 15.2 Å². The standard InChI is InChI=1S/C15H21N5/c1-2-13(16)9-12-5-3-4-6-14(12)19-7-8-20-11-17-18-15(20)10-19/h3-6,11,13H,2,7-10,16H2,1H3. The Morgan fingerprint density at radius 2 is 2.15 bits per heavy atom. The maximum absolute atomic E-state index is 6.12. The highest BCUT2D eigenvalue weighted by molar-refractivity contribution is 5.54. The number of benzene rings is 1. The summed E-state index contributed by atoms with van der Waals surface area (Å²) < 4.78 is 2.12. The van der Waals surface area contributed by atoms with Gasteiger partial charge in [-0.25, -0.2) is 0 Å². The number of hydrogen-bond acceptors (Lipinski definition) is 4. The predicted octanol–water partition coefficient (Wildman–Crippen LogP) is 1.58. The van der Waals surface area contributed by atoms with Gasteiger partial charge in [-0.2, -0.15) is 0 Å². The molecule has 1 aliphatic rings. The van der Waals surface area contributed by atoms with Crippen molar-refractivity contribution in [1.82, 2.24) is 14.8 Å². The van der Waals surface area contributed by atoms with Crippen LogP contribution in [0.5, 0.6) is 0 Å². The van der Waals surface area contributed by atoms with Gasteiger partial charge in [0.15, 0.2) is 5.82 Å². The third-order valence-electron chi connectivity index (χ3n) is 3.98. The van der Waals surface area contributed by atoms with Crippen molar-refractivity contribution in [2.24, 2.45) is 5.73 Å². The average molecular weight is 271 g/mol. The number of rotatable bonds is 4. The van der Waals surface area contributed by atoms with E-state index < -0.39 is 0 Å². The van der Waals surface area contributed by atoms with Gasteiger partial charge in [-0.15, -0.1) is 10.2 Å². The topological polar surface area (TPSA) is 60.0 Å². The van der Waals surface area contributed by atoms with Gasteiger partial charge in [-0.05, 0) is 24.5 Å². The molecule has 2 N–H and O–H groups in total. The smallest absolute Gasteiger partial charge is 0.152 e. The third kappa shape index (κ3) is 2.54. The molecule has 1 aromatic heterocycles. The summed E-state index contributed by atoms with van der Waals surface area (Å²) in [6.45, 7) is 4.88. The number of anilines is 1. The molecule has 1 aromatic carbocycles. The molecule has 0 fully saturated rings. The van der Waals surface area contributed by atoms with Crippen LogP contribution in [0.15, 0.2) is 30.6 Å². The zero-order valence-electron chi connectivity index (χ0n) is 11.9. The molecule has 1 unspecified atom stereocenters. The van der Waals surface area contributed by atoms with E-state index in [9.17, 15) is 0 Å². The molecule has 3 rings (SSSR count). The highest BCUT2D eigenvalue weighted by atomic mass is 15.3. The Labute approximate surface area is 119 Å². The minimum Gasteiger partial charge on any atom is -0.362 e. The Kier molecular flexibility index (Phi) is 3.69. The first kappa shape index (κ1) is 13.1. The largest absolute Gasteiger partial charge is 0.362 e. The van der Waals surface area contributed by atoms with Crippen LogP contribution in [0.1, 0.15) is 24.7 Å². The van der Waals surface area contributed by atoms with Crippen LogP contribution >= 0.6 is 0 Å². The second-order valence-corrected chi connectivity index (χ2v) is 5.36. The predicted molar refractivity (Wildman–Crippen MR) is 79.5 cm³/mol. The summed E-state index contributed by atoms with van der Waals surface area (Å²) in [6.07, 6.45) is 3.74. The van der Waals surface area contributed by atoms with Crippen LogP contribution in [0.4, 0.5) is 5.69 Å². The Balaban J connectivity index is 1.84. The molecule has 1 aliphatic heterocycles. The molecule has 2 heterocycles. The summed E-state index contributed by atoms with van der Waals surface area (Å²) >= 11 is 0. The second kappa shape index (κ2) is 5.63. The van der Waals surface area contributed by atoms with Crippen molar-refractivity contribution >= 4 is 5.69 Å². The molecule has 0 aliphatic carbocycles. The summed E-state index contributed by atoms with van der Waals surface area (Å²) in [7, 11) is 0. The fourth-order valence-electron chi connectivity index (χ4n) is 2.69. The van der Waals surface area contributed by atoms with Gasteiger partial charge in [0.2, 0.25) is 0 Å². The van der Waals surface area contributed by atoms with Crippen molar-refractivity contribution < 1.29 is 0 Å². The van der Waals surface area contributed by atoms with Crippen molar-refractivity contribution in [2.75, 3.05) is 11.4 Å². The van der Waals surface area contributed by atoms with E-state index in [2.05, 4.69) is 50.9 Å². The molecule has 5 heteroatoms. The van der Waals surface area contributed by atoms with Crippen LogP contribution in [-0.2, 0) is 19.5 Å². The lowest BCUT2D eigenvalue weighted by Gasteiger charge is -2.31. The van der Waals surface area contributed by atoms with Crippen molar-refractivity contribution in [2.45, 2.75) is 38.9 Å². The van der Waals surface area contributed by atoms with Gasteiger partial charge in [-0.1, -0.05) is 25.1 Å². The van der Waals surface area contributed by atoms with E-state index in [4.69, 9.17) is 5.73 Å². The maximum atomic E-state index is 6.12. The number of aromatic nitrogens is 3. The lowest BCUT2D eigenvalue weighted by atomic mass is 10.0. The fraction of sp³-hybridized carbons (Fsp3) is 0.467. The van der Waals surface area contributed by atoms with E-state index in [0.717, 1.165) is 38.3 Å². The third-order valence-corrected chi connectivity index (χ3v) is 3.98. The molecule has 0 amide bonds. The van der Waals surface area contributed by atoms with E-state index in [-0.39, 0.29) is 6.04 Å². The molecule has 5 nitrogen and oxygen atoms in total. The van der Waals surface area contributed by atoms with E-state index in [1.165, 1.54) is 11.3 Å². The van der Waals surface area contributed by atoms with E-state index in [1.807, 2.05) is 6.33 Å². The number of hydrogen-bond donors (Lipinski definition) is 1. The highest BCUT2D eigenvalue weighted by Crippen LogP contribution is 2.25. The van der Waals surface area contributed by atoms with Gasteiger partial charge in [0.05, 0.1) is 6.54 Å². The number of nitrogens with two attached hydrogens (primary N) is 1. The minimum absolute atomic E-state index is 0.226. The minimum atomic E-state index is 0.226. The normalized spacial score (nSPS) is 16.0. The number of nitrogens with zero attached hydrogens (tertiary/aromatic N) is 4. The summed E-state index contributed by atoms with van der Waals surface area (Å²) in [5, 5.41) is 8.17. The Morgan fingerprint density at radius 1 is 1.30 bits per heavy atom. The Morgan fingerprint density at radius 3 is 3.00 bits per heavy atom. The molecule has 0 bridgehead atoms. The summed E-state index contributed by atoms with van der Waals surface area (Å²) in [5.41, 5.74) is 8.73. The Hall–Kier alpha value is -1.88. The van der Waals surface area contributed by atoms with Gasteiger partial charge >= 0.3 is 0 Å². The first-order valence-electron chi connectivity index (χ1n) is 7.23.